The van der Waals surface area contributed by atoms with E-state index >= 15 is 0 Å². The lowest BCUT2D eigenvalue weighted by Crippen LogP contribution is -2.36. The Hall–Kier alpha value is -2.06. The minimum absolute atomic E-state index is 0.238. The standard InChI is InChI=1S/C16H22N4O3S/c1-12-16(13(2)19(3)17-12)24(21,22)18-14-6-4-5-7-15(14)20-8-10-23-11-9-20/h4-7,18H,8-11H2,1-3H3. The molecule has 1 aliphatic heterocycles. The predicted molar refractivity (Wildman–Crippen MR) is 93.0 cm³/mol. The minimum atomic E-state index is -3.71. The van der Waals surface area contributed by atoms with Gasteiger partial charge in [-0.3, -0.25) is 9.40 Å². The Kier molecular flexibility index (Phi) is 4.51. The van der Waals surface area contributed by atoms with E-state index in [2.05, 4.69) is 14.7 Å². The molecule has 1 aliphatic rings. The number of nitrogens with one attached hydrogen (secondary N) is 1. The van der Waals surface area contributed by atoms with Gasteiger partial charge < -0.3 is 9.64 Å². The lowest BCUT2D eigenvalue weighted by atomic mass is 10.2. The lowest BCUT2D eigenvalue weighted by molar-refractivity contribution is 0.123. The highest BCUT2D eigenvalue weighted by Gasteiger charge is 2.25. The van der Waals surface area contributed by atoms with E-state index in [1.165, 1.54) is 0 Å². The SMILES string of the molecule is Cc1nn(C)c(C)c1S(=O)(=O)Nc1ccccc1N1CCOCC1. The average Bonchev–Trinajstić information content (AvgIpc) is 2.81. The Morgan fingerprint density at radius 1 is 1.17 bits per heavy atom. The molecule has 0 radical (unpaired) electrons. The third-order valence-corrected chi connectivity index (χ3v) is 5.83. The van der Waals surface area contributed by atoms with Gasteiger partial charge in [0.05, 0.1) is 36.0 Å². The second-order valence-electron chi connectivity index (χ2n) is 5.85. The van der Waals surface area contributed by atoms with Gasteiger partial charge >= 0.3 is 0 Å². The Bertz CT molecular complexity index is 839. The summed E-state index contributed by atoms with van der Waals surface area (Å²) in [5.74, 6) is 0. The van der Waals surface area contributed by atoms with Gasteiger partial charge in [0, 0.05) is 20.1 Å². The molecule has 0 aliphatic carbocycles. The van der Waals surface area contributed by atoms with Gasteiger partial charge in [0.15, 0.2) is 0 Å². The second kappa shape index (κ2) is 6.45. The second-order valence-corrected chi connectivity index (χ2v) is 7.46. The summed E-state index contributed by atoms with van der Waals surface area (Å²) in [5, 5.41) is 4.20. The fraction of sp³-hybridized carbons (Fsp3) is 0.438. The van der Waals surface area contributed by atoms with Gasteiger partial charge in [-0.1, -0.05) is 12.1 Å². The zero-order valence-electron chi connectivity index (χ0n) is 14.1. The summed E-state index contributed by atoms with van der Waals surface area (Å²) in [6.07, 6.45) is 0. The highest BCUT2D eigenvalue weighted by molar-refractivity contribution is 7.92. The van der Waals surface area contributed by atoms with Gasteiger partial charge in [-0.05, 0) is 26.0 Å². The number of para-hydroxylation sites is 2. The molecule has 3 rings (SSSR count). The molecule has 7 nitrogen and oxygen atoms in total. The summed E-state index contributed by atoms with van der Waals surface area (Å²) >= 11 is 0. The maximum atomic E-state index is 12.9. The van der Waals surface area contributed by atoms with Crippen LogP contribution in [0.2, 0.25) is 0 Å². The molecule has 0 saturated carbocycles. The number of rotatable bonds is 4. The van der Waals surface area contributed by atoms with Crippen LogP contribution in [0.1, 0.15) is 11.4 Å². The van der Waals surface area contributed by atoms with E-state index in [0.717, 1.165) is 18.8 Å². The third kappa shape index (κ3) is 3.11. The van der Waals surface area contributed by atoms with Crippen LogP contribution in [0.3, 0.4) is 0 Å². The van der Waals surface area contributed by atoms with Gasteiger partial charge in [0.1, 0.15) is 4.90 Å². The highest BCUT2D eigenvalue weighted by Crippen LogP contribution is 2.30. The van der Waals surface area contributed by atoms with Crippen molar-refractivity contribution < 1.29 is 13.2 Å². The zero-order chi connectivity index (χ0) is 17.3. The van der Waals surface area contributed by atoms with Crippen molar-refractivity contribution in [1.82, 2.24) is 9.78 Å². The van der Waals surface area contributed by atoms with E-state index in [4.69, 9.17) is 4.74 Å². The summed E-state index contributed by atoms with van der Waals surface area (Å²) in [7, 11) is -1.97. The topological polar surface area (TPSA) is 76.5 Å². The van der Waals surface area contributed by atoms with Crippen LogP contribution in [-0.4, -0.2) is 44.5 Å². The molecule has 0 bridgehead atoms. The predicted octanol–water partition coefficient (Wildman–Crippen LogP) is 1.67. The van der Waals surface area contributed by atoms with E-state index in [-0.39, 0.29) is 4.90 Å². The number of sulfonamides is 1. The van der Waals surface area contributed by atoms with Gasteiger partial charge in [-0.15, -0.1) is 0 Å². The first kappa shape index (κ1) is 16.8. The molecule has 1 N–H and O–H groups in total. The van der Waals surface area contributed by atoms with Crippen LogP contribution in [0.4, 0.5) is 11.4 Å². The normalized spacial score (nSPS) is 15.5. The maximum Gasteiger partial charge on any atom is 0.265 e. The van der Waals surface area contributed by atoms with Crippen molar-refractivity contribution in [3.05, 3.63) is 35.7 Å². The summed E-state index contributed by atoms with van der Waals surface area (Å²) in [6.45, 7) is 6.22. The first-order valence-corrected chi connectivity index (χ1v) is 9.33. The Morgan fingerprint density at radius 2 is 1.83 bits per heavy atom. The van der Waals surface area contributed by atoms with Crippen LogP contribution in [0, 0.1) is 13.8 Å². The summed E-state index contributed by atoms with van der Waals surface area (Å²) in [4.78, 5) is 2.37. The van der Waals surface area contributed by atoms with Gasteiger partial charge in [0.2, 0.25) is 0 Å². The van der Waals surface area contributed by atoms with Crippen LogP contribution in [0.15, 0.2) is 29.2 Å². The molecule has 0 atom stereocenters. The summed E-state index contributed by atoms with van der Waals surface area (Å²) in [6, 6.07) is 7.43. The van der Waals surface area contributed by atoms with Crippen molar-refractivity contribution in [2.75, 3.05) is 35.9 Å². The quantitative estimate of drug-likeness (QED) is 0.908. The lowest BCUT2D eigenvalue weighted by Gasteiger charge is -2.30. The van der Waals surface area contributed by atoms with Crippen molar-refractivity contribution in [2.24, 2.45) is 7.05 Å². The van der Waals surface area contributed by atoms with Gasteiger partial charge in [-0.2, -0.15) is 5.10 Å². The molecule has 0 spiro atoms. The molecule has 1 aromatic carbocycles. The van der Waals surface area contributed by atoms with Crippen molar-refractivity contribution in [1.29, 1.82) is 0 Å². The number of aryl methyl sites for hydroxylation is 2. The summed E-state index contributed by atoms with van der Waals surface area (Å²) in [5.41, 5.74) is 2.54. The van der Waals surface area contributed by atoms with Crippen LogP contribution in [0.25, 0.3) is 0 Å². The largest absolute Gasteiger partial charge is 0.378 e. The van der Waals surface area contributed by atoms with Gasteiger partial charge in [0.25, 0.3) is 10.0 Å². The fourth-order valence-corrected chi connectivity index (χ4v) is 4.49. The van der Waals surface area contributed by atoms with Crippen molar-refractivity contribution in [3.8, 4) is 0 Å². The molecule has 24 heavy (non-hydrogen) atoms. The van der Waals surface area contributed by atoms with Crippen molar-refractivity contribution in [3.63, 3.8) is 0 Å². The summed E-state index contributed by atoms with van der Waals surface area (Å²) < 4.78 is 35.5. The molecule has 2 aromatic rings. The molecule has 0 amide bonds. The van der Waals surface area contributed by atoms with Gasteiger partial charge in [-0.25, -0.2) is 8.42 Å². The zero-order valence-corrected chi connectivity index (χ0v) is 14.9. The molecule has 1 saturated heterocycles. The average molecular weight is 350 g/mol. The Balaban J connectivity index is 1.96. The molecule has 8 heteroatoms. The van der Waals surface area contributed by atoms with Crippen LogP contribution in [0.5, 0.6) is 0 Å². The number of hydrogen-bond acceptors (Lipinski definition) is 5. The van der Waals surface area contributed by atoms with E-state index in [9.17, 15) is 8.42 Å². The van der Waals surface area contributed by atoms with Crippen LogP contribution < -0.4 is 9.62 Å². The molecule has 0 unspecified atom stereocenters. The number of nitrogens with zero attached hydrogens (tertiary/aromatic N) is 3. The highest BCUT2D eigenvalue weighted by atomic mass is 32.2. The van der Waals surface area contributed by atoms with E-state index in [1.54, 1.807) is 31.6 Å². The first-order chi connectivity index (χ1) is 11.4. The van der Waals surface area contributed by atoms with Crippen LogP contribution >= 0.6 is 0 Å². The Morgan fingerprint density at radius 3 is 2.46 bits per heavy atom. The maximum absolute atomic E-state index is 12.9. The number of aromatic nitrogens is 2. The minimum Gasteiger partial charge on any atom is -0.378 e. The molecular formula is C16H22N4O3S. The Labute approximate surface area is 142 Å². The monoisotopic (exact) mass is 350 g/mol. The fourth-order valence-electron chi connectivity index (χ4n) is 2.98. The number of benzene rings is 1. The van der Waals surface area contributed by atoms with Crippen molar-refractivity contribution >= 4 is 21.4 Å². The number of anilines is 2. The first-order valence-electron chi connectivity index (χ1n) is 7.85. The third-order valence-electron chi connectivity index (χ3n) is 4.21. The molecule has 130 valence electrons. The van der Waals surface area contributed by atoms with E-state index in [1.807, 2.05) is 18.2 Å². The smallest absolute Gasteiger partial charge is 0.265 e. The number of hydrogen-bond donors (Lipinski definition) is 1. The molecule has 1 fully saturated rings. The molecule has 2 heterocycles. The van der Waals surface area contributed by atoms with Crippen molar-refractivity contribution in [2.45, 2.75) is 18.7 Å². The molecule has 1 aromatic heterocycles. The van der Waals surface area contributed by atoms with E-state index < -0.39 is 10.0 Å². The van der Waals surface area contributed by atoms with E-state index in [0.29, 0.717) is 30.3 Å². The number of ether oxygens (including phenoxy) is 1. The number of morpholine rings is 1. The van der Waals surface area contributed by atoms with Crippen LogP contribution in [-0.2, 0) is 21.8 Å². The molecular weight excluding hydrogens is 328 g/mol.